The van der Waals surface area contributed by atoms with E-state index in [0.29, 0.717) is 0 Å². The molecule has 150 valence electrons. The zero-order valence-electron chi connectivity index (χ0n) is 16.6. The summed E-state index contributed by atoms with van der Waals surface area (Å²) in [5.41, 5.74) is 2.24. The fraction of sp³-hybridized carbons (Fsp3) is 0.727. The molecule has 1 atom stereocenters. The van der Waals surface area contributed by atoms with Crippen LogP contribution in [0, 0.1) is 5.92 Å². The Bertz CT molecular complexity index is 597. The van der Waals surface area contributed by atoms with Crippen LogP contribution in [0.25, 0.3) is 0 Å². The predicted octanol–water partition coefficient (Wildman–Crippen LogP) is 3.19. The summed E-state index contributed by atoms with van der Waals surface area (Å²) in [5.74, 6) is 0.604. The van der Waals surface area contributed by atoms with Crippen molar-refractivity contribution in [1.29, 1.82) is 0 Å². The Labute approximate surface area is 163 Å². The quantitative estimate of drug-likeness (QED) is 0.858. The fourth-order valence-corrected chi connectivity index (χ4v) is 4.77. The van der Waals surface area contributed by atoms with Crippen molar-refractivity contribution in [3.05, 3.63) is 29.8 Å². The van der Waals surface area contributed by atoms with E-state index in [0.717, 1.165) is 63.7 Å². The van der Waals surface area contributed by atoms with Crippen molar-refractivity contribution in [2.75, 3.05) is 50.8 Å². The van der Waals surface area contributed by atoms with Gasteiger partial charge in [0, 0.05) is 44.7 Å². The van der Waals surface area contributed by atoms with Crippen molar-refractivity contribution < 1.29 is 14.6 Å². The number of ether oxygens (including phenoxy) is 2. The summed E-state index contributed by atoms with van der Waals surface area (Å²) < 4.78 is 11.7. The smallest absolute Gasteiger partial charge is 0.168 e. The highest BCUT2D eigenvalue weighted by molar-refractivity contribution is 5.49. The van der Waals surface area contributed by atoms with Crippen molar-refractivity contribution in [3.63, 3.8) is 0 Å². The van der Waals surface area contributed by atoms with E-state index in [2.05, 4.69) is 28.0 Å². The third kappa shape index (κ3) is 4.65. The molecule has 3 fully saturated rings. The van der Waals surface area contributed by atoms with Gasteiger partial charge >= 0.3 is 0 Å². The Balaban J connectivity index is 1.19. The summed E-state index contributed by atoms with van der Waals surface area (Å²) in [5, 5.41) is 9.81. The third-order valence-electron chi connectivity index (χ3n) is 6.62. The number of hydrogen-bond acceptors (Lipinski definition) is 5. The number of nitrogens with zero attached hydrogens (tertiary/aromatic N) is 2. The van der Waals surface area contributed by atoms with Crippen LogP contribution in [0.1, 0.15) is 50.7 Å². The van der Waals surface area contributed by atoms with Crippen LogP contribution < -0.4 is 4.90 Å². The van der Waals surface area contributed by atoms with Crippen LogP contribution in [0.15, 0.2) is 24.3 Å². The van der Waals surface area contributed by atoms with Gasteiger partial charge < -0.3 is 19.5 Å². The number of rotatable bonds is 5. The van der Waals surface area contributed by atoms with Gasteiger partial charge in [0.05, 0.1) is 19.3 Å². The molecule has 1 aromatic carbocycles. The molecule has 5 nitrogen and oxygen atoms in total. The van der Waals surface area contributed by atoms with E-state index in [4.69, 9.17) is 9.47 Å². The van der Waals surface area contributed by atoms with Crippen LogP contribution in [-0.2, 0) is 9.47 Å². The van der Waals surface area contributed by atoms with E-state index in [-0.39, 0.29) is 5.79 Å². The molecule has 3 aliphatic rings. The summed E-state index contributed by atoms with van der Waals surface area (Å²) in [4.78, 5) is 5.06. The van der Waals surface area contributed by atoms with E-state index in [9.17, 15) is 5.11 Å². The van der Waals surface area contributed by atoms with Crippen LogP contribution >= 0.6 is 0 Å². The summed E-state index contributed by atoms with van der Waals surface area (Å²) in [6.07, 6.45) is 5.53. The SMILES string of the molecule is CC(O)c1cccc(N2CCN(CCC3CCC4(CC3)OCCO4)CC2)c1. The molecule has 27 heavy (non-hydrogen) atoms. The van der Waals surface area contributed by atoms with Crippen molar-refractivity contribution in [2.45, 2.75) is 50.9 Å². The average molecular weight is 375 g/mol. The van der Waals surface area contributed by atoms with E-state index in [1.807, 2.05) is 13.0 Å². The minimum Gasteiger partial charge on any atom is -0.389 e. The van der Waals surface area contributed by atoms with Crippen molar-refractivity contribution in [2.24, 2.45) is 5.92 Å². The van der Waals surface area contributed by atoms with Crippen molar-refractivity contribution in [1.82, 2.24) is 4.90 Å². The Kier molecular flexibility index (Phi) is 6.02. The largest absolute Gasteiger partial charge is 0.389 e. The van der Waals surface area contributed by atoms with Crippen LogP contribution in [-0.4, -0.2) is 61.7 Å². The zero-order valence-corrected chi connectivity index (χ0v) is 16.6. The number of aliphatic hydroxyl groups is 1. The summed E-state index contributed by atoms with van der Waals surface area (Å²) in [7, 11) is 0. The standard InChI is InChI=1S/C22H34N2O3/c1-18(25)20-3-2-4-21(17-20)24-13-11-23(12-14-24)10-7-19-5-8-22(9-6-19)26-15-16-27-22/h2-4,17-19,25H,5-16H2,1H3. The molecule has 1 saturated carbocycles. The first-order valence-electron chi connectivity index (χ1n) is 10.7. The van der Waals surface area contributed by atoms with Crippen LogP contribution in [0.5, 0.6) is 0 Å². The molecule has 1 aromatic rings. The van der Waals surface area contributed by atoms with Gasteiger partial charge in [0.1, 0.15) is 0 Å². The number of hydrogen-bond donors (Lipinski definition) is 1. The molecular weight excluding hydrogens is 340 g/mol. The summed E-state index contributed by atoms with van der Waals surface area (Å²) >= 11 is 0. The molecule has 2 heterocycles. The van der Waals surface area contributed by atoms with Gasteiger partial charge in [-0.2, -0.15) is 0 Å². The lowest BCUT2D eigenvalue weighted by molar-refractivity contribution is -0.182. The second-order valence-electron chi connectivity index (χ2n) is 8.44. The maximum Gasteiger partial charge on any atom is 0.168 e. The van der Waals surface area contributed by atoms with Gasteiger partial charge in [-0.05, 0) is 56.3 Å². The Morgan fingerprint density at radius 2 is 1.81 bits per heavy atom. The topological polar surface area (TPSA) is 45.2 Å². The molecule has 0 bridgehead atoms. The first kappa shape index (κ1) is 19.2. The van der Waals surface area contributed by atoms with Gasteiger partial charge in [-0.1, -0.05) is 12.1 Å². The molecule has 0 radical (unpaired) electrons. The van der Waals surface area contributed by atoms with E-state index < -0.39 is 6.10 Å². The molecule has 4 rings (SSSR count). The molecule has 1 spiro atoms. The van der Waals surface area contributed by atoms with E-state index in [1.165, 1.54) is 31.5 Å². The molecule has 1 N–H and O–H groups in total. The zero-order chi connectivity index (χ0) is 18.7. The number of piperazine rings is 1. The molecule has 2 saturated heterocycles. The minimum atomic E-state index is -0.402. The molecule has 1 aliphatic carbocycles. The minimum absolute atomic E-state index is 0.220. The lowest BCUT2D eigenvalue weighted by atomic mass is 9.83. The normalized spacial score (nSPS) is 25.2. The molecular formula is C22H34N2O3. The van der Waals surface area contributed by atoms with Gasteiger partial charge in [-0.15, -0.1) is 0 Å². The van der Waals surface area contributed by atoms with Crippen molar-refractivity contribution >= 4 is 5.69 Å². The van der Waals surface area contributed by atoms with Gasteiger partial charge in [-0.3, -0.25) is 4.90 Å². The second kappa shape index (κ2) is 8.48. The first-order valence-corrected chi connectivity index (χ1v) is 10.7. The van der Waals surface area contributed by atoms with Crippen LogP contribution in [0.2, 0.25) is 0 Å². The highest BCUT2D eigenvalue weighted by Gasteiger charge is 2.40. The Morgan fingerprint density at radius 3 is 2.48 bits per heavy atom. The van der Waals surface area contributed by atoms with E-state index >= 15 is 0 Å². The maximum absolute atomic E-state index is 9.81. The monoisotopic (exact) mass is 374 g/mol. The first-order chi connectivity index (χ1) is 13.1. The third-order valence-corrected chi connectivity index (χ3v) is 6.62. The van der Waals surface area contributed by atoms with Crippen molar-refractivity contribution in [3.8, 4) is 0 Å². The maximum atomic E-state index is 9.81. The highest BCUT2D eigenvalue weighted by atomic mass is 16.7. The van der Waals surface area contributed by atoms with Gasteiger partial charge in [0.2, 0.25) is 0 Å². The van der Waals surface area contributed by atoms with E-state index in [1.54, 1.807) is 0 Å². The summed E-state index contributed by atoms with van der Waals surface area (Å²) in [6.45, 7) is 8.97. The highest BCUT2D eigenvalue weighted by Crippen LogP contribution is 2.39. The van der Waals surface area contributed by atoms with Gasteiger partial charge in [0.15, 0.2) is 5.79 Å². The second-order valence-corrected chi connectivity index (χ2v) is 8.44. The lowest BCUT2D eigenvalue weighted by Crippen LogP contribution is -2.47. The van der Waals surface area contributed by atoms with Gasteiger partial charge in [0.25, 0.3) is 0 Å². The molecule has 0 amide bonds. The molecule has 5 heteroatoms. The number of anilines is 1. The lowest BCUT2D eigenvalue weighted by Gasteiger charge is -2.38. The van der Waals surface area contributed by atoms with Crippen LogP contribution in [0.3, 0.4) is 0 Å². The Hall–Kier alpha value is -1.14. The summed E-state index contributed by atoms with van der Waals surface area (Å²) in [6, 6.07) is 8.34. The number of aliphatic hydroxyl groups excluding tert-OH is 1. The predicted molar refractivity (Wildman–Crippen MR) is 107 cm³/mol. The fourth-order valence-electron chi connectivity index (χ4n) is 4.77. The Morgan fingerprint density at radius 1 is 1.11 bits per heavy atom. The molecule has 2 aliphatic heterocycles. The molecule has 0 aromatic heterocycles. The average Bonchev–Trinajstić information content (AvgIpc) is 3.16. The number of benzene rings is 1. The van der Waals surface area contributed by atoms with Gasteiger partial charge in [-0.25, -0.2) is 0 Å². The van der Waals surface area contributed by atoms with Crippen LogP contribution in [0.4, 0.5) is 5.69 Å². The molecule has 1 unspecified atom stereocenters.